The van der Waals surface area contributed by atoms with Crippen molar-refractivity contribution in [2.24, 2.45) is 11.8 Å². The summed E-state index contributed by atoms with van der Waals surface area (Å²) in [4.78, 5) is 25.5. The highest BCUT2D eigenvalue weighted by molar-refractivity contribution is 5.70. The molecule has 42 heavy (non-hydrogen) atoms. The van der Waals surface area contributed by atoms with E-state index in [1.807, 2.05) is 0 Å². The zero-order valence-corrected chi connectivity index (χ0v) is 29.3. The summed E-state index contributed by atoms with van der Waals surface area (Å²) in [5.74, 6) is 1.31. The highest BCUT2D eigenvalue weighted by Crippen LogP contribution is 2.24. The van der Waals surface area contributed by atoms with E-state index >= 15 is 0 Å². The average molecular weight is 595 g/mol. The van der Waals surface area contributed by atoms with E-state index in [2.05, 4.69) is 41.5 Å². The van der Waals surface area contributed by atoms with E-state index < -0.39 is 0 Å². The minimum atomic E-state index is -0.0862. The van der Waals surface area contributed by atoms with Crippen molar-refractivity contribution >= 4 is 11.9 Å². The van der Waals surface area contributed by atoms with Gasteiger partial charge in [0.05, 0.1) is 0 Å². The second kappa shape index (κ2) is 30.0. The Kier molecular flexibility index (Phi) is 29.2. The van der Waals surface area contributed by atoms with E-state index in [0.29, 0.717) is 25.7 Å². The maximum absolute atomic E-state index is 12.7. The third kappa shape index (κ3) is 24.4. The maximum Gasteiger partial charge on any atom is 0.306 e. The second-order valence-corrected chi connectivity index (χ2v) is 13.1. The molecule has 0 amide bonds. The molecule has 0 N–H and O–H groups in total. The third-order valence-corrected chi connectivity index (χ3v) is 9.25. The lowest BCUT2D eigenvalue weighted by Crippen LogP contribution is -2.20. The minimum Gasteiger partial charge on any atom is -0.462 e. The summed E-state index contributed by atoms with van der Waals surface area (Å²) in [6.45, 7) is 13.6. The molecule has 0 aliphatic carbocycles. The van der Waals surface area contributed by atoms with Crippen molar-refractivity contribution in [3.63, 3.8) is 0 Å². The van der Waals surface area contributed by atoms with Crippen LogP contribution in [0.25, 0.3) is 0 Å². The van der Waals surface area contributed by atoms with Crippen LogP contribution in [0.3, 0.4) is 0 Å². The van der Waals surface area contributed by atoms with Crippen LogP contribution in [0.15, 0.2) is 0 Å². The Morgan fingerprint density at radius 1 is 0.405 bits per heavy atom. The van der Waals surface area contributed by atoms with E-state index in [1.165, 1.54) is 89.9 Å². The minimum absolute atomic E-state index is 0.0488. The van der Waals surface area contributed by atoms with Gasteiger partial charge in [0.2, 0.25) is 0 Å². The molecule has 0 radical (unpaired) electrons. The van der Waals surface area contributed by atoms with Crippen LogP contribution in [0, 0.1) is 11.8 Å². The summed E-state index contributed by atoms with van der Waals surface area (Å²) in [5.41, 5.74) is 0. The molecular weight excluding hydrogens is 520 g/mol. The first kappa shape index (κ1) is 40.9. The number of ether oxygens (including phenoxy) is 2. The SMILES string of the molecule is CCCCCCC(CCC(CC)CCCC)OC(=O)CCCCC(=O)OC(CCCCCC)CCC(CC)CCCC. The zero-order chi connectivity index (χ0) is 31.3. The number of carbonyl (C=O) groups excluding carboxylic acids is 2. The fourth-order valence-corrected chi connectivity index (χ4v) is 6.08. The number of esters is 2. The summed E-state index contributed by atoms with van der Waals surface area (Å²) in [6.07, 6.45) is 28.3. The molecule has 4 atom stereocenters. The second-order valence-electron chi connectivity index (χ2n) is 13.1. The molecule has 0 aromatic heterocycles. The standard InChI is InChI=1S/C38H74O4/c1-7-13-17-19-25-35(31-29-33(11-5)23-15-9-3)41-37(39)27-21-22-28-38(40)42-36(26-20-18-14-8-2)32-30-34(12-6)24-16-10-4/h33-36H,7-32H2,1-6H3. The van der Waals surface area contributed by atoms with Crippen LogP contribution in [0.5, 0.6) is 0 Å². The van der Waals surface area contributed by atoms with Crippen LogP contribution in [0.2, 0.25) is 0 Å². The molecule has 0 spiro atoms. The molecule has 0 saturated carbocycles. The Hall–Kier alpha value is -1.06. The molecule has 0 heterocycles. The molecule has 0 aromatic rings. The summed E-state index contributed by atoms with van der Waals surface area (Å²) < 4.78 is 12.0. The van der Waals surface area contributed by atoms with E-state index in [0.717, 1.165) is 63.2 Å². The smallest absolute Gasteiger partial charge is 0.306 e. The van der Waals surface area contributed by atoms with E-state index in [-0.39, 0.29) is 24.1 Å². The normalized spacial score (nSPS) is 14.3. The Morgan fingerprint density at radius 2 is 0.786 bits per heavy atom. The predicted molar refractivity (Wildman–Crippen MR) is 181 cm³/mol. The van der Waals surface area contributed by atoms with Crippen LogP contribution in [0.1, 0.15) is 208 Å². The molecule has 0 rings (SSSR count). The lowest BCUT2D eigenvalue weighted by atomic mass is 9.92. The van der Waals surface area contributed by atoms with Crippen molar-refractivity contribution in [3.05, 3.63) is 0 Å². The number of hydrogen-bond donors (Lipinski definition) is 0. The topological polar surface area (TPSA) is 52.6 Å². The van der Waals surface area contributed by atoms with Gasteiger partial charge in [0, 0.05) is 12.8 Å². The van der Waals surface area contributed by atoms with E-state index in [9.17, 15) is 9.59 Å². The first-order valence-electron chi connectivity index (χ1n) is 18.8. The average Bonchev–Trinajstić information content (AvgIpc) is 2.99. The summed E-state index contributed by atoms with van der Waals surface area (Å²) in [5, 5.41) is 0. The maximum atomic E-state index is 12.7. The lowest BCUT2D eigenvalue weighted by Gasteiger charge is -2.22. The quantitative estimate of drug-likeness (QED) is 0.0591. The van der Waals surface area contributed by atoms with Crippen LogP contribution >= 0.6 is 0 Å². The van der Waals surface area contributed by atoms with Crippen molar-refractivity contribution in [2.45, 2.75) is 221 Å². The number of unbranched alkanes of at least 4 members (excludes halogenated alkanes) is 9. The number of carbonyl (C=O) groups is 2. The Bertz CT molecular complexity index is 552. The zero-order valence-electron chi connectivity index (χ0n) is 29.3. The van der Waals surface area contributed by atoms with Gasteiger partial charge in [-0.25, -0.2) is 0 Å². The molecule has 4 unspecified atom stereocenters. The molecule has 0 aromatic carbocycles. The molecule has 0 fully saturated rings. The first-order valence-corrected chi connectivity index (χ1v) is 18.8. The van der Waals surface area contributed by atoms with Crippen molar-refractivity contribution in [3.8, 4) is 0 Å². The molecule has 4 nitrogen and oxygen atoms in total. The van der Waals surface area contributed by atoms with Crippen molar-refractivity contribution in [1.82, 2.24) is 0 Å². The molecule has 0 aliphatic heterocycles. The molecule has 0 saturated heterocycles. The van der Waals surface area contributed by atoms with Gasteiger partial charge in [0.25, 0.3) is 0 Å². The van der Waals surface area contributed by atoms with E-state index in [4.69, 9.17) is 9.47 Å². The summed E-state index contributed by atoms with van der Waals surface area (Å²) >= 11 is 0. The summed E-state index contributed by atoms with van der Waals surface area (Å²) in [6, 6.07) is 0. The van der Waals surface area contributed by atoms with Crippen molar-refractivity contribution in [1.29, 1.82) is 0 Å². The Labute approximate surface area is 263 Å². The predicted octanol–water partition coefficient (Wildman–Crippen LogP) is 12.3. The fourth-order valence-electron chi connectivity index (χ4n) is 6.08. The van der Waals surface area contributed by atoms with Crippen LogP contribution in [0.4, 0.5) is 0 Å². The van der Waals surface area contributed by atoms with Gasteiger partial charge in [0.1, 0.15) is 12.2 Å². The van der Waals surface area contributed by atoms with Crippen molar-refractivity contribution < 1.29 is 19.1 Å². The summed E-state index contributed by atoms with van der Waals surface area (Å²) in [7, 11) is 0. The Morgan fingerprint density at radius 3 is 1.12 bits per heavy atom. The largest absolute Gasteiger partial charge is 0.462 e. The van der Waals surface area contributed by atoms with Crippen LogP contribution in [-0.2, 0) is 19.1 Å². The Balaban J connectivity index is 4.63. The number of rotatable bonds is 31. The molecule has 0 bridgehead atoms. The third-order valence-electron chi connectivity index (χ3n) is 9.25. The van der Waals surface area contributed by atoms with Gasteiger partial charge in [-0.15, -0.1) is 0 Å². The van der Waals surface area contributed by atoms with Gasteiger partial charge in [0.15, 0.2) is 0 Å². The molecule has 4 heteroatoms. The highest BCUT2D eigenvalue weighted by atomic mass is 16.5. The van der Waals surface area contributed by atoms with Gasteiger partial charge in [-0.05, 0) is 76.0 Å². The monoisotopic (exact) mass is 595 g/mol. The number of hydrogen-bond acceptors (Lipinski definition) is 4. The van der Waals surface area contributed by atoms with E-state index in [1.54, 1.807) is 0 Å². The fraction of sp³-hybridized carbons (Fsp3) is 0.947. The van der Waals surface area contributed by atoms with Gasteiger partial charge in [-0.3, -0.25) is 9.59 Å². The van der Waals surface area contributed by atoms with Crippen molar-refractivity contribution in [2.75, 3.05) is 0 Å². The molecule has 0 aliphatic rings. The highest BCUT2D eigenvalue weighted by Gasteiger charge is 2.19. The first-order chi connectivity index (χ1) is 20.4. The van der Waals surface area contributed by atoms with Gasteiger partial charge >= 0.3 is 11.9 Å². The van der Waals surface area contributed by atoms with Crippen LogP contribution < -0.4 is 0 Å². The molecule has 250 valence electrons. The van der Waals surface area contributed by atoms with Crippen LogP contribution in [-0.4, -0.2) is 24.1 Å². The molecular formula is C38H74O4. The lowest BCUT2D eigenvalue weighted by molar-refractivity contribution is -0.152. The van der Waals surface area contributed by atoms with Gasteiger partial charge < -0.3 is 9.47 Å². The van der Waals surface area contributed by atoms with Gasteiger partial charge in [-0.2, -0.15) is 0 Å². The van der Waals surface area contributed by atoms with Gasteiger partial charge in [-0.1, -0.05) is 131 Å².